The fraction of sp³-hybridized carbons (Fsp3) is 0.444. The largest absolute Gasteiger partial charge is 0.469 e. The Labute approximate surface area is 134 Å². The predicted octanol–water partition coefficient (Wildman–Crippen LogP) is 1.18. The number of likely N-dealkylation sites (tertiary alicyclic amines) is 1. The number of ether oxygens (including phenoxy) is 2. The van der Waals surface area contributed by atoms with E-state index in [-0.39, 0.29) is 18.0 Å². The molecule has 3 aliphatic rings. The number of hydrogen-bond donors (Lipinski definition) is 0. The highest BCUT2D eigenvalue weighted by molar-refractivity contribution is 5.91. The maximum Gasteiger partial charge on any atom is 0.312 e. The zero-order chi connectivity index (χ0) is 16.0. The number of carbonyl (C=O) groups is 2. The number of carbonyl (C=O) groups excluding carboxylic acids is 2. The molecule has 4 rings (SSSR count). The van der Waals surface area contributed by atoms with Gasteiger partial charge in [0.25, 0.3) is 0 Å². The van der Waals surface area contributed by atoms with Crippen LogP contribution in [0.15, 0.2) is 42.5 Å². The van der Waals surface area contributed by atoms with Crippen molar-refractivity contribution in [3.05, 3.63) is 48.0 Å². The van der Waals surface area contributed by atoms with E-state index in [1.54, 1.807) is 0 Å². The van der Waals surface area contributed by atoms with Crippen molar-refractivity contribution >= 4 is 11.9 Å². The molecule has 5 nitrogen and oxygen atoms in total. The second kappa shape index (κ2) is 5.20. The van der Waals surface area contributed by atoms with Gasteiger partial charge in [-0.25, -0.2) is 0 Å². The number of methoxy groups -OCH3 is 1. The minimum Gasteiger partial charge on any atom is -0.469 e. The lowest BCUT2D eigenvalue weighted by molar-refractivity contribution is -0.151. The fourth-order valence-electron chi connectivity index (χ4n) is 4.08. The second-order valence-electron chi connectivity index (χ2n) is 6.42. The van der Waals surface area contributed by atoms with Gasteiger partial charge in [0, 0.05) is 6.54 Å². The molecule has 2 saturated heterocycles. The van der Waals surface area contributed by atoms with Crippen LogP contribution in [0.4, 0.5) is 0 Å². The van der Waals surface area contributed by atoms with Gasteiger partial charge in [0.2, 0.25) is 5.91 Å². The molecule has 0 aliphatic carbocycles. The van der Waals surface area contributed by atoms with Gasteiger partial charge < -0.3 is 14.4 Å². The Bertz CT molecular complexity index is 671. The zero-order valence-corrected chi connectivity index (χ0v) is 13.0. The summed E-state index contributed by atoms with van der Waals surface area (Å²) in [6, 6.07) is 10.1. The third-order valence-corrected chi connectivity index (χ3v) is 5.17. The molecule has 2 fully saturated rings. The first-order valence-electron chi connectivity index (χ1n) is 7.92. The monoisotopic (exact) mass is 313 g/mol. The SMILES string of the molecule is COC(=O)[C@H]1[C@@H]2C=C[C@@]3(CN(CCc4ccccc4)C(=O)[C@H]13)O2. The van der Waals surface area contributed by atoms with Crippen molar-refractivity contribution in [2.24, 2.45) is 11.8 Å². The summed E-state index contributed by atoms with van der Waals surface area (Å²) >= 11 is 0. The van der Waals surface area contributed by atoms with Crippen LogP contribution in [-0.2, 0) is 25.5 Å². The normalized spacial score (nSPS) is 34.0. The molecule has 4 atom stereocenters. The van der Waals surface area contributed by atoms with Crippen LogP contribution in [0.1, 0.15) is 5.56 Å². The number of fused-ring (bicyclic) bond motifs is 1. The number of nitrogens with zero attached hydrogens (tertiary/aromatic N) is 1. The first-order chi connectivity index (χ1) is 11.1. The Balaban J connectivity index is 1.52. The molecule has 0 aromatic heterocycles. The van der Waals surface area contributed by atoms with Gasteiger partial charge in [-0.15, -0.1) is 0 Å². The zero-order valence-electron chi connectivity index (χ0n) is 13.0. The van der Waals surface area contributed by atoms with Crippen molar-refractivity contribution in [1.29, 1.82) is 0 Å². The van der Waals surface area contributed by atoms with E-state index in [2.05, 4.69) is 12.1 Å². The molecular formula is C18H19NO4. The average molecular weight is 313 g/mol. The van der Waals surface area contributed by atoms with Gasteiger partial charge in [-0.05, 0) is 12.0 Å². The smallest absolute Gasteiger partial charge is 0.312 e. The lowest BCUT2D eigenvalue weighted by Crippen LogP contribution is -2.39. The van der Waals surface area contributed by atoms with Gasteiger partial charge >= 0.3 is 5.97 Å². The van der Waals surface area contributed by atoms with Crippen LogP contribution < -0.4 is 0 Å². The molecule has 0 unspecified atom stereocenters. The van der Waals surface area contributed by atoms with Gasteiger partial charge in [-0.3, -0.25) is 9.59 Å². The van der Waals surface area contributed by atoms with Crippen LogP contribution in [0.3, 0.4) is 0 Å². The van der Waals surface area contributed by atoms with E-state index < -0.39 is 17.4 Å². The van der Waals surface area contributed by atoms with Crippen molar-refractivity contribution < 1.29 is 19.1 Å². The molecule has 2 bridgehead atoms. The Hall–Kier alpha value is -2.14. The number of amides is 1. The third-order valence-electron chi connectivity index (χ3n) is 5.17. The lowest BCUT2D eigenvalue weighted by atomic mass is 9.77. The second-order valence-corrected chi connectivity index (χ2v) is 6.42. The molecule has 0 saturated carbocycles. The summed E-state index contributed by atoms with van der Waals surface area (Å²) in [5.41, 5.74) is 0.553. The van der Waals surface area contributed by atoms with Crippen molar-refractivity contribution in [3.8, 4) is 0 Å². The minimum atomic E-state index is -0.642. The van der Waals surface area contributed by atoms with Crippen LogP contribution in [0.2, 0.25) is 0 Å². The summed E-state index contributed by atoms with van der Waals surface area (Å²) in [6.07, 6.45) is 4.33. The quantitative estimate of drug-likeness (QED) is 0.619. The maximum absolute atomic E-state index is 12.8. The van der Waals surface area contributed by atoms with Gasteiger partial charge in [0.15, 0.2) is 0 Å². The summed E-state index contributed by atoms with van der Waals surface area (Å²) in [4.78, 5) is 26.7. The van der Waals surface area contributed by atoms with E-state index in [1.807, 2.05) is 35.3 Å². The molecule has 1 aromatic carbocycles. The van der Waals surface area contributed by atoms with Crippen molar-refractivity contribution in [3.63, 3.8) is 0 Å². The molecule has 0 N–H and O–H groups in total. The number of benzene rings is 1. The Morgan fingerprint density at radius 2 is 2.17 bits per heavy atom. The molecule has 3 aliphatic heterocycles. The molecule has 23 heavy (non-hydrogen) atoms. The highest BCUT2D eigenvalue weighted by Crippen LogP contribution is 2.52. The Kier molecular flexibility index (Phi) is 3.27. The summed E-state index contributed by atoms with van der Waals surface area (Å²) in [7, 11) is 1.36. The van der Waals surface area contributed by atoms with E-state index in [0.717, 1.165) is 6.42 Å². The first-order valence-corrected chi connectivity index (χ1v) is 7.92. The fourth-order valence-corrected chi connectivity index (χ4v) is 4.08. The van der Waals surface area contributed by atoms with E-state index in [0.29, 0.717) is 13.1 Å². The van der Waals surface area contributed by atoms with E-state index in [4.69, 9.17) is 9.47 Å². The topological polar surface area (TPSA) is 55.8 Å². The summed E-state index contributed by atoms with van der Waals surface area (Å²) in [5, 5.41) is 0. The van der Waals surface area contributed by atoms with Gasteiger partial charge in [0.05, 0.1) is 25.7 Å². The predicted molar refractivity (Wildman–Crippen MR) is 82.5 cm³/mol. The third kappa shape index (κ3) is 2.10. The van der Waals surface area contributed by atoms with Crippen molar-refractivity contribution in [2.45, 2.75) is 18.1 Å². The number of rotatable bonds is 4. The minimum absolute atomic E-state index is 0.00295. The first kappa shape index (κ1) is 14.5. The van der Waals surface area contributed by atoms with E-state index in [9.17, 15) is 9.59 Å². The molecule has 120 valence electrons. The van der Waals surface area contributed by atoms with Crippen LogP contribution in [0, 0.1) is 11.8 Å². The highest BCUT2D eigenvalue weighted by Gasteiger charge is 2.67. The van der Waals surface area contributed by atoms with E-state index >= 15 is 0 Å². The molecule has 3 heterocycles. The number of esters is 1. The van der Waals surface area contributed by atoms with Gasteiger partial charge in [-0.1, -0.05) is 42.5 Å². The lowest BCUT2D eigenvalue weighted by Gasteiger charge is -2.22. The molecule has 1 aromatic rings. The van der Waals surface area contributed by atoms with Crippen LogP contribution in [0.25, 0.3) is 0 Å². The average Bonchev–Trinajstić information content (AvgIpc) is 3.21. The number of hydrogen-bond acceptors (Lipinski definition) is 4. The Morgan fingerprint density at radius 1 is 1.39 bits per heavy atom. The van der Waals surface area contributed by atoms with Crippen LogP contribution in [0.5, 0.6) is 0 Å². The summed E-state index contributed by atoms with van der Waals surface area (Å²) in [5.74, 6) is -1.31. The molecular weight excluding hydrogens is 294 g/mol. The van der Waals surface area contributed by atoms with Crippen molar-refractivity contribution in [2.75, 3.05) is 20.2 Å². The van der Waals surface area contributed by atoms with Gasteiger partial charge in [0.1, 0.15) is 11.5 Å². The maximum atomic E-state index is 12.8. The molecule has 5 heteroatoms. The van der Waals surface area contributed by atoms with Gasteiger partial charge in [-0.2, -0.15) is 0 Å². The molecule has 1 amide bonds. The van der Waals surface area contributed by atoms with Crippen molar-refractivity contribution in [1.82, 2.24) is 4.90 Å². The standard InChI is InChI=1S/C18H19NO4/c1-22-17(21)14-13-7-9-18(23-13)11-19(16(20)15(14)18)10-8-12-5-3-2-4-6-12/h2-7,9,13-15H,8,10-11H2,1H3/t13-,14-,15-,18-/m0/s1. The highest BCUT2D eigenvalue weighted by atomic mass is 16.5. The molecule has 0 radical (unpaired) electrons. The summed E-state index contributed by atoms with van der Waals surface area (Å²) < 4.78 is 10.9. The summed E-state index contributed by atoms with van der Waals surface area (Å²) in [6.45, 7) is 1.15. The van der Waals surface area contributed by atoms with E-state index in [1.165, 1.54) is 12.7 Å². The van der Waals surface area contributed by atoms with Crippen LogP contribution in [-0.4, -0.2) is 48.7 Å². The Morgan fingerprint density at radius 3 is 2.91 bits per heavy atom. The van der Waals surface area contributed by atoms with Crippen LogP contribution >= 0.6 is 0 Å². The molecule has 1 spiro atoms.